The van der Waals surface area contributed by atoms with Crippen LogP contribution in [0.2, 0.25) is 0 Å². The number of benzene rings is 1. The lowest BCUT2D eigenvalue weighted by molar-refractivity contribution is 0.272. The SMILES string of the molecule is CCNC(CN1CCc2ccc(F)cc21)C1CCCCC1. The monoisotopic (exact) mass is 290 g/mol. The minimum atomic E-state index is -0.113. The second-order valence-electron chi connectivity index (χ2n) is 6.53. The van der Waals surface area contributed by atoms with Crippen LogP contribution < -0.4 is 10.2 Å². The van der Waals surface area contributed by atoms with E-state index in [0.717, 1.165) is 37.7 Å². The number of anilines is 1. The quantitative estimate of drug-likeness (QED) is 0.888. The van der Waals surface area contributed by atoms with E-state index in [1.165, 1.54) is 37.7 Å². The third-order valence-electron chi connectivity index (χ3n) is 5.14. The molecular weight excluding hydrogens is 263 g/mol. The van der Waals surface area contributed by atoms with Gasteiger partial charge in [0, 0.05) is 24.8 Å². The molecule has 1 aliphatic carbocycles. The Hall–Kier alpha value is -1.09. The van der Waals surface area contributed by atoms with Crippen molar-refractivity contribution in [2.45, 2.75) is 51.5 Å². The number of hydrogen-bond acceptors (Lipinski definition) is 2. The summed E-state index contributed by atoms with van der Waals surface area (Å²) in [6.45, 7) is 5.26. The van der Waals surface area contributed by atoms with Crippen molar-refractivity contribution in [3.8, 4) is 0 Å². The van der Waals surface area contributed by atoms with Crippen LogP contribution in [0, 0.1) is 11.7 Å². The van der Waals surface area contributed by atoms with Crippen LogP contribution >= 0.6 is 0 Å². The average molecular weight is 290 g/mol. The van der Waals surface area contributed by atoms with Crippen LogP contribution in [0.4, 0.5) is 10.1 Å². The van der Waals surface area contributed by atoms with Crippen molar-refractivity contribution in [1.29, 1.82) is 0 Å². The van der Waals surface area contributed by atoms with Gasteiger partial charge in [-0.15, -0.1) is 0 Å². The lowest BCUT2D eigenvalue weighted by Crippen LogP contribution is -2.46. The van der Waals surface area contributed by atoms with Crippen LogP contribution in [-0.4, -0.2) is 25.7 Å². The fourth-order valence-corrected chi connectivity index (χ4v) is 4.02. The highest BCUT2D eigenvalue weighted by Gasteiger charge is 2.27. The summed E-state index contributed by atoms with van der Waals surface area (Å²) in [4.78, 5) is 2.39. The zero-order valence-electron chi connectivity index (χ0n) is 13.1. The fourth-order valence-electron chi connectivity index (χ4n) is 4.02. The van der Waals surface area contributed by atoms with Gasteiger partial charge in [-0.05, 0) is 49.4 Å². The largest absolute Gasteiger partial charge is 0.369 e. The lowest BCUT2D eigenvalue weighted by Gasteiger charge is -2.34. The molecular formula is C18H27FN2. The van der Waals surface area contributed by atoms with E-state index in [1.54, 1.807) is 12.1 Å². The maximum Gasteiger partial charge on any atom is 0.125 e. The van der Waals surface area contributed by atoms with Crippen molar-refractivity contribution in [2.75, 3.05) is 24.5 Å². The van der Waals surface area contributed by atoms with Crippen LogP contribution in [-0.2, 0) is 6.42 Å². The number of likely N-dealkylation sites (N-methyl/N-ethyl adjacent to an activating group) is 1. The summed E-state index contributed by atoms with van der Waals surface area (Å²) in [5.74, 6) is 0.676. The Balaban J connectivity index is 1.70. The van der Waals surface area contributed by atoms with Crippen molar-refractivity contribution < 1.29 is 4.39 Å². The number of nitrogens with one attached hydrogen (secondary N) is 1. The number of rotatable bonds is 5. The molecule has 0 radical (unpaired) electrons. The number of halogens is 1. The summed E-state index contributed by atoms with van der Waals surface area (Å²) in [5.41, 5.74) is 2.42. The standard InChI is InChI=1S/C18H27FN2/c1-2-20-17(14-6-4-3-5-7-14)13-21-11-10-15-8-9-16(19)12-18(15)21/h8-9,12,14,17,20H,2-7,10-11,13H2,1H3. The number of nitrogens with zero attached hydrogens (tertiary/aromatic N) is 1. The molecule has 1 saturated carbocycles. The minimum absolute atomic E-state index is 0.113. The summed E-state index contributed by atoms with van der Waals surface area (Å²) < 4.78 is 13.5. The van der Waals surface area contributed by atoms with Gasteiger partial charge in [-0.2, -0.15) is 0 Å². The molecule has 21 heavy (non-hydrogen) atoms. The molecule has 1 N–H and O–H groups in total. The molecule has 1 aromatic carbocycles. The van der Waals surface area contributed by atoms with Crippen LogP contribution in [0.15, 0.2) is 18.2 Å². The molecule has 1 heterocycles. The summed E-state index contributed by atoms with van der Waals surface area (Å²) in [6.07, 6.45) is 7.89. The van der Waals surface area contributed by atoms with Crippen molar-refractivity contribution in [1.82, 2.24) is 5.32 Å². The van der Waals surface area contributed by atoms with Crippen molar-refractivity contribution in [3.05, 3.63) is 29.6 Å². The number of hydrogen-bond donors (Lipinski definition) is 1. The normalized spacial score (nSPS) is 20.6. The highest BCUT2D eigenvalue weighted by molar-refractivity contribution is 5.58. The molecule has 0 spiro atoms. The maximum atomic E-state index is 13.5. The smallest absolute Gasteiger partial charge is 0.125 e. The molecule has 0 saturated heterocycles. The first-order valence-corrected chi connectivity index (χ1v) is 8.54. The van der Waals surface area contributed by atoms with Gasteiger partial charge >= 0.3 is 0 Å². The molecule has 0 aromatic heterocycles. The van der Waals surface area contributed by atoms with Gasteiger partial charge in [-0.1, -0.05) is 32.3 Å². The van der Waals surface area contributed by atoms with Crippen molar-refractivity contribution >= 4 is 5.69 Å². The van der Waals surface area contributed by atoms with Gasteiger partial charge in [-0.3, -0.25) is 0 Å². The van der Waals surface area contributed by atoms with Crippen LogP contribution in [0.5, 0.6) is 0 Å². The first-order chi connectivity index (χ1) is 10.3. The second-order valence-corrected chi connectivity index (χ2v) is 6.53. The Bertz CT molecular complexity index is 468. The van der Waals surface area contributed by atoms with E-state index in [4.69, 9.17) is 0 Å². The highest BCUT2D eigenvalue weighted by atomic mass is 19.1. The van der Waals surface area contributed by atoms with E-state index in [9.17, 15) is 4.39 Å². The third-order valence-corrected chi connectivity index (χ3v) is 5.14. The van der Waals surface area contributed by atoms with Gasteiger partial charge in [-0.25, -0.2) is 4.39 Å². The summed E-state index contributed by atoms with van der Waals surface area (Å²) in [5, 5.41) is 3.69. The van der Waals surface area contributed by atoms with Gasteiger partial charge in [0.1, 0.15) is 5.82 Å². The van der Waals surface area contributed by atoms with Gasteiger partial charge < -0.3 is 10.2 Å². The Kier molecular flexibility index (Phi) is 4.79. The molecule has 116 valence electrons. The predicted molar refractivity (Wildman–Crippen MR) is 86.4 cm³/mol. The van der Waals surface area contributed by atoms with E-state index in [1.807, 2.05) is 6.07 Å². The first-order valence-electron chi connectivity index (χ1n) is 8.54. The zero-order chi connectivity index (χ0) is 14.7. The number of fused-ring (bicyclic) bond motifs is 1. The average Bonchev–Trinajstić information content (AvgIpc) is 2.90. The van der Waals surface area contributed by atoms with E-state index in [0.29, 0.717) is 6.04 Å². The fraction of sp³-hybridized carbons (Fsp3) is 0.667. The molecule has 0 bridgehead atoms. The van der Waals surface area contributed by atoms with Crippen molar-refractivity contribution in [3.63, 3.8) is 0 Å². The van der Waals surface area contributed by atoms with Gasteiger partial charge in [0.05, 0.1) is 0 Å². The zero-order valence-corrected chi connectivity index (χ0v) is 13.1. The Morgan fingerprint density at radius 1 is 1.29 bits per heavy atom. The predicted octanol–water partition coefficient (Wildman–Crippen LogP) is 3.75. The molecule has 1 fully saturated rings. The van der Waals surface area contributed by atoms with Crippen LogP contribution in [0.25, 0.3) is 0 Å². The maximum absolute atomic E-state index is 13.5. The molecule has 3 heteroatoms. The van der Waals surface area contributed by atoms with E-state index >= 15 is 0 Å². The third kappa shape index (κ3) is 3.39. The van der Waals surface area contributed by atoms with Gasteiger partial charge in [0.2, 0.25) is 0 Å². The molecule has 3 rings (SSSR count). The molecule has 0 amide bonds. The minimum Gasteiger partial charge on any atom is -0.369 e. The van der Waals surface area contributed by atoms with Crippen LogP contribution in [0.3, 0.4) is 0 Å². The highest BCUT2D eigenvalue weighted by Crippen LogP contribution is 2.31. The van der Waals surface area contributed by atoms with Gasteiger partial charge in [0.15, 0.2) is 0 Å². The van der Waals surface area contributed by atoms with E-state index in [-0.39, 0.29) is 5.82 Å². The molecule has 2 nitrogen and oxygen atoms in total. The Labute approximate surface area is 127 Å². The molecule has 1 aromatic rings. The summed E-state index contributed by atoms with van der Waals surface area (Å²) in [7, 11) is 0. The first kappa shape index (κ1) is 14.8. The van der Waals surface area contributed by atoms with Crippen molar-refractivity contribution in [2.24, 2.45) is 5.92 Å². The molecule has 1 atom stereocenters. The lowest BCUT2D eigenvalue weighted by atomic mass is 9.83. The molecule has 1 unspecified atom stereocenters. The molecule has 2 aliphatic rings. The summed E-state index contributed by atoms with van der Waals surface area (Å²) in [6, 6.07) is 5.80. The Morgan fingerprint density at radius 2 is 2.10 bits per heavy atom. The second kappa shape index (κ2) is 6.78. The van der Waals surface area contributed by atoms with Crippen LogP contribution in [0.1, 0.15) is 44.6 Å². The Morgan fingerprint density at radius 3 is 2.86 bits per heavy atom. The summed E-state index contributed by atoms with van der Waals surface area (Å²) >= 11 is 0. The van der Waals surface area contributed by atoms with Gasteiger partial charge in [0.25, 0.3) is 0 Å². The molecule has 1 aliphatic heterocycles. The van der Waals surface area contributed by atoms with E-state index in [2.05, 4.69) is 17.1 Å². The topological polar surface area (TPSA) is 15.3 Å². The van der Waals surface area contributed by atoms with E-state index < -0.39 is 0 Å².